The van der Waals surface area contributed by atoms with Crippen molar-refractivity contribution in [3.63, 3.8) is 0 Å². The summed E-state index contributed by atoms with van der Waals surface area (Å²) in [6, 6.07) is 7.72. The Hall–Kier alpha value is -2.04. The lowest BCUT2D eigenvalue weighted by atomic mass is 10.0. The zero-order valence-electron chi connectivity index (χ0n) is 12.1. The molecule has 1 aliphatic rings. The molecule has 1 N–H and O–H groups in total. The predicted molar refractivity (Wildman–Crippen MR) is 76.9 cm³/mol. The Morgan fingerprint density at radius 3 is 3.10 bits per heavy atom. The van der Waals surface area contributed by atoms with Crippen LogP contribution in [-0.2, 0) is 9.63 Å². The number of amides is 1. The van der Waals surface area contributed by atoms with Crippen molar-refractivity contribution < 1.29 is 14.4 Å². The van der Waals surface area contributed by atoms with Gasteiger partial charge in [-0.3, -0.25) is 4.79 Å². The Morgan fingerprint density at radius 2 is 2.40 bits per heavy atom. The highest BCUT2D eigenvalue weighted by Gasteiger charge is 2.29. The second-order valence-corrected chi connectivity index (χ2v) is 4.89. The van der Waals surface area contributed by atoms with E-state index in [-0.39, 0.29) is 11.9 Å². The third-order valence-electron chi connectivity index (χ3n) is 3.37. The molecule has 1 aromatic carbocycles. The molecule has 1 aliphatic heterocycles. The minimum absolute atomic E-state index is 0.110. The van der Waals surface area contributed by atoms with Crippen molar-refractivity contribution in [1.82, 2.24) is 5.32 Å². The average Bonchev–Trinajstić information content (AvgIpc) is 2.97. The first kappa shape index (κ1) is 14.4. The van der Waals surface area contributed by atoms with Crippen molar-refractivity contribution in [2.24, 2.45) is 5.16 Å². The van der Waals surface area contributed by atoms with Crippen LogP contribution in [0.1, 0.15) is 32.3 Å². The fourth-order valence-corrected chi connectivity index (χ4v) is 1.93. The smallest absolute Gasteiger partial charge is 0.264 e. The summed E-state index contributed by atoms with van der Waals surface area (Å²) in [5.74, 6) is 0.652. The molecule has 0 bridgehead atoms. The minimum atomic E-state index is -0.537. The predicted octanol–water partition coefficient (Wildman–Crippen LogP) is 2.10. The van der Waals surface area contributed by atoms with Crippen LogP contribution >= 0.6 is 0 Å². The van der Waals surface area contributed by atoms with E-state index < -0.39 is 6.10 Å². The van der Waals surface area contributed by atoms with Gasteiger partial charge in [0.15, 0.2) is 0 Å². The summed E-state index contributed by atoms with van der Waals surface area (Å²) in [7, 11) is 1.62. The maximum Gasteiger partial charge on any atom is 0.264 e. The van der Waals surface area contributed by atoms with Crippen LogP contribution in [0.25, 0.3) is 0 Å². The second kappa shape index (κ2) is 6.41. The van der Waals surface area contributed by atoms with Gasteiger partial charge in [0.1, 0.15) is 5.75 Å². The van der Waals surface area contributed by atoms with Crippen LogP contribution in [0.5, 0.6) is 5.75 Å². The van der Waals surface area contributed by atoms with Crippen LogP contribution in [0.15, 0.2) is 29.4 Å². The van der Waals surface area contributed by atoms with Gasteiger partial charge < -0.3 is 14.9 Å². The number of carbonyl (C=O) groups excluding carboxylic acids is 1. The average molecular weight is 276 g/mol. The van der Waals surface area contributed by atoms with Gasteiger partial charge in [-0.05, 0) is 25.5 Å². The molecule has 20 heavy (non-hydrogen) atoms. The zero-order chi connectivity index (χ0) is 14.5. The van der Waals surface area contributed by atoms with Gasteiger partial charge in [0.05, 0.1) is 12.8 Å². The van der Waals surface area contributed by atoms with Gasteiger partial charge in [-0.1, -0.05) is 24.2 Å². The van der Waals surface area contributed by atoms with E-state index in [0.717, 1.165) is 23.4 Å². The Balaban J connectivity index is 1.99. The first-order valence-electron chi connectivity index (χ1n) is 6.81. The highest BCUT2D eigenvalue weighted by atomic mass is 16.6. The van der Waals surface area contributed by atoms with Gasteiger partial charge in [-0.2, -0.15) is 0 Å². The van der Waals surface area contributed by atoms with Gasteiger partial charge in [-0.25, -0.2) is 0 Å². The molecular weight excluding hydrogens is 256 g/mol. The summed E-state index contributed by atoms with van der Waals surface area (Å²) in [4.78, 5) is 17.2. The van der Waals surface area contributed by atoms with E-state index in [4.69, 9.17) is 9.57 Å². The second-order valence-electron chi connectivity index (χ2n) is 4.89. The first-order valence-corrected chi connectivity index (χ1v) is 6.81. The van der Waals surface area contributed by atoms with Crippen LogP contribution in [0.3, 0.4) is 0 Å². The molecule has 2 rings (SSSR count). The molecule has 108 valence electrons. The molecule has 5 nitrogen and oxygen atoms in total. The molecule has 0 saturated heterocycles. The van der Waals surface area contributed by atoms with E-state index in [1.807, 2.05) is 38.1 Å². The van der Waals surface area contributed by atoms with E-state index >= 15 is 0 Å². The third-order valence-corrected chi connectivity index (χ3v) is 3.37. The Bertz CT molecular complexity index is 514. The third kappa shape index (κ3) is 3.29. The Kier molecular flexibility index (Phi) is 4.61. The lowest BCUT2D eigenvalue weighted by Gasteiger charge is -2.14. The van der Waals surface area contributed by atoms with Crippen LogP contribution in [0, 0.1) is 0 Å². The fourth-order valence-electron chi connectivity index (χ4n) is 1.93. The molecule has 0 aliphatic carbocycles. The lowest BCUT2D eigenvalue weighted by Crippen LogP contribution is -2.39. The molecule has 0 aromatic heterocycles. The van der Waals surface area contributed by atoms with Crippen LogP contribution < -0.4 is 10.1 Å². The number of nitrogens with one attached hydrogen (secondary N) is 1. The van der Waals surface area contributed by atoms with E-state index in [0.29, 0.717) is 6.42 Å². The number of nitrogens with zero attached hydrogens (tertiary/aromatic N) is 1. The van der Waals surface area contributed by atoms with Gasteiger partial charge in [0, 0.05) is 18.0 Å². The molecule has 0 radical (unpaired) electrons. The van der Waals surface area contributed by atoms with Crippen LogP contribution in [0.4, 0.5) is 0 Å². The van der Waals surface area contributed by atoms with Crippen molar-refractivity contribution in [2.75, 3.05) is 7.11 Å². The number of rotatable bonds is 5. The summed E-state index contributed by atoms with van der Waals surface area (Å²) in [5, 5.41) is 6.92. The SMILES string of the molecule is CC[C@H](C)NC(=O)[C@H]1CC(c2cccc(OC)c2)=NO1. The summed E-state index contributed by atoms with van der Waals surface area (Å²) < 4.78 is 5.18. The maximum atomic E-state index is 12.0. The molecule has 2 atom stereocenters. The Labute approximate surface area is 118 Å². The molecule has 0 spiro atoms. The quantitative estimate of drug-likeness (QED) is 0.896. The van der Waals surface area contributed by atoms with E-state index in [9.17, 15) is 4.79 Å². The van der Waals surface area contributed by atoms with Gasteiger partial charge in [-0.15, -0.1) is 0 Å². The summed E-state index contributed by atoms with van der Waals surface area (Å²) in [6.07, 6.45) is 0.836. The Morgan fingerprint density at radius 1 is 1.60 bits per heavy atom. The van der Waals surface area contributed by atoms with Gasteiger partial charge in [0.2, 0.25) is 6.10 Å². The highest BCUT2D eigenvalue weighted by Crippen LogP contribution is 2.20. The number of benzene rings is 1. The number of methoxy groups -OCH3 is 1. The van der Waals surface area contributed by atoms with Crippen molar-refractivity contribution >= 4 is 11.6 Å². The summed E-state index contributed by atoms with van der Waals surface area (Å²) >= 11 is 0. The molecule has 1 amide bonds. The molecule has 1 aromatic rings. The monoisotopic (exact) mass is 276 g/mol. The van der Waals surface area contributed by atoms with Crippen molar-refractivity contribution in [3.8, 4) is 5.75 Å². The molecule has 0 fully saturated rings. The number of oxime groups is 1. The molecule has 5 heteroatoms. The number of carbonyl (C=O) groups is 1. The highest BCUT2D eigenvalue weighted by molar-refractivity contribution is 6.04. The largest absolute Gasteiger partial charge is 0.497 e. The van der Waals surface area contributed by atoms with E-state index in [1.54, 1.807) is 7.11 Å². The zero-order valence-corrected chi connectivity index (χ0v) is 12.1. The van der Waals surface area contributed by atoms with Crippen LogP contribution in [-0.4, -0.2) is 30.9 Å². The summed E-state index contributed by atoms with van der Waals surface area (Å²) in [5.41, 5.74) is 1.69. The summed E-state index contributed by atoms with van der Waals surface area (Å²) in [6.45, 7) is 4.00. The van der Waals surface area contributed by atoms with Crippen molar-refractivity contribution in [1.29, 1.82) is 0 Å². The number of hydrogen-bond acceptors (Lipinski definition) is 4. The van der Waals surface area contributed by atoms with Crippen molar-refractivity contribution in [3.05, 3.63) is 29.8 Å². The minimum Gasteiger partial charge on any atom is -0.497 e. The lowest BCUT2D eigenvalue weighted by molar-refractivity contribution is -0.131. The van der Waals surface area contributed by atoms with Crippen molar-refractivity contribution in [2.45, 2.75) is 38.8 Å². The standard InChI is InChI=1S/C15H20N2O3/c1-4-10(2)16-15(18)14-9-13(17-20-14)11-6-5-7-12(8-11)19-3/h5-8,10,14H,4,9H2,1-3H3,(H,16,18)/t10-,14+/m0/s1. The fraction of sp³-hybridized carbons (Fsp3) is 0.467. The maximum absolute atomic E-state index is 12.0. The van der Waals surface area contributed by atoms with E-state index in [1.165, 1.54) is 0 Å². The normalized spacial score (nSPS) is 18.9. The molecule has 0 unspecified atom stereocenters. The topological polar surface area (TPSA) is 59.9 Å². The number of ether oxygens (including phenoxy) is 1. The van der Waals surface area contributed by atoms with Gasteiger partial charge in [0.25, 0.3) is 5.91 Å². The molecule has 1 heterocycles. The van der Waals surface area contributed by atoms with E-state index in [2.05, 4.69) is 10.5 Å². The molecular formula is C15H20N2O3. The van der Waals surface area contributed by atoms with Crippen LogP contribution in [0.2, 0.25) is 0 Å². The first-order chi connectivity index (χ1) is 9.63. The molecule has 0 saturated carbocycles. The van der Waals surface area contributed by atoms with Gasteiger partial charge >= 0.3 is 0 Å². The number of hydrogen-bond donors (Lipinski definition) is 1.